The summed E-state index contributed by atoms with van der Waals surface area (Å²) in [5.74, 6) is 0. The summed E-state index contributed by atoms with van der Waals surface area (Å²) in [5.41, 5.74) is 2.39. The van der Waals surface area contributed by atoms with Crippen molar-refractivity contribution in [1.82, 2.24) is 19.1 Å². The van der Waals surface area contributed by atoms with Crippen LogP contribution in [0.3, 0.4) is 0 Å². The van der Waals surface area contributed by atoms with Gasteiger partial charge in [-0.3, -0.25) is 9.09 Å². The minimum Gasteiger partial charge on any atom is -0.407 e. The number of hydrogen-bond donors (Lipinski definition) is 0. The fourth-order valence-electron chi connectivity index (χ4n) is 7.05. The van der Waals surface area contributed by atoms with Crippen LogP contribution in [0, 0.1) is 11.3 Å². The van der Waals surface area contributed by atoms with E-state index in [2.05, 4.69) is 83.8 Å². The first kappa shape index (κ1) is 49.9. The molecule has 0 aliphatic carbocycles. The number of halogens is 4. The molecule has 3 fully saturated rings. The van der Waals surface area contributed by atoms with Crippen LogP contribution in [0.25, 0.3) is 22.1 Å². The SMILES string of the molecule is CC(C)(C)[Si](C)(C)OC1C2O[PH](=O)OC[C@H]3O[C@@H](n4cnc5cc(Cl)c(Cl)cc54)C(O[Si](C)(C)C(C)(C)C)C3OP(=S)(OCCC#N)OC[C@H]2O[C@H]1n1cnc2cc(Cl)c(Cl)cc21. The summed E-state index contributed by atoms with van der Waals surface area (Å²) < 4.78 is 78.0. The molecular formula is C39H53Cl4N5O10P2SSi2. The molecule has 3 aliphatic rings. The van der Waals surface area contributed by atoms with Crippen LogP contribution < -0.4 is 0 Å². The fourth-order valence-corrected chi connectivity index (χ4v) is 13.2. The number of benzene rings is 2. The topological polar surface area (TPSA) is 160 Å². The van der Waals surface area contributed by atoms with E-state index in [-0.39, 0.29) is 36.3 Å². The summed E-state index contributed by atoms with van der Waals surface area (Å²) in [4.78, 5) is 9.19. The predicted molar refractivity (Wildman–Crippen MR) is 253 cm³/mol. The Morgan fingerprint density at radius 2 is 1.27 bits per heavy atom. The van der Waals surface area contributed by atoms with Crippen LogP contribution in [-0.4, -0.2) is 92.2 Å². The van der Waals surface area contributed by atoms with Crippen molar-refractivity contribution in [3.63, 3.8) is 0 Å². The van der Waals surface area contributed by atoms with Gasteiger partial charge in [-0.2, -0.15) is 5.26 Å². The molecule has 0 amide bonds. The number of rotatable bonds is 9. The molecule has 0 radical (unpaired) electrons. The quantitative estimate of drug-likeness (QED) is 0.0885. The van der Waals surface area contributed by atoms with Gasteiger partial charge in [0.25, 0.3) is 0 Å². The predicted octanol–water partition coefficient (Wildman–Crippen LogP) is 11.6. The highest BCUT2D eigenvalue weighted by Crippen LogP contribution is 2.57. The molecule has 15 nitrogen and oxygen atoms in total. The Bertz CT molecular complexity index is 2460. The third-order valence-corrected chi connectivity index (χ3v) is 26.2. The molecule has 5 heterocycles. The summed E-state index contributed by atoms with van der Waals surface area (Å²) in [6.45, 7) is 16.7. The molecule has 7 rings (SSSR count). The highest BCUT2D eigenvalue weighted by atomic mass is 35.5. The van der Waals surface area contributed by atoms with E-state index in [4.69, 9.17) is 99.2 Å². The highest BCUT2D eigenvalue weighted by molar-refractivity contribution is 8.07. The van der Waals surface area contributed by atoms with Crippen LogP contribution >= 0.6 is 61.4 Å². The standard InChI is InChI=1S/C39H53Cl4N5O10P2SSi2/c1-38(2,3)62(7,8)57-34-32-31(54-36(34)47-20-45-26-14-22(40)24(42)16-28(26)47)19-52-60(61,51-13-11-12-44)56-33-30(18-50-59(49)55-32)53-37(35(33)58-63(9,10)39(4,5)6)48-21-46-27-15-23(41)25(43)17-29(27)48/h14-17,20-21,30-37,59H,11,13,18-19H2,1-10H3/t30-,31-,32?,33?,34?,35?,36-,37-,60?/m1/s1. The summed E-state index contributed by atoms with van der Waals surface area (Å²) in [5, 5.41) is 10.4. The number of nitrogens with zero attached hydrogens (tertiary/aromatic N) is 5. The molecule has 0 spiro atoms. The monoisotopic (exact) mass is 1040 g/mol. The van der Waals surface area contributed by atoms with Crippen LogP contribution in [0.2, 0.25) is 56.4 Å². The number of hydrogen-bond acceptors (Lipinski definition) is 14. The van der Waals surface area contributed by atoms with Crippen molar-refractivity contribution in [3.8, 4) is 6.07 Å². The number of nitriles is 1. The fraction of sp³-hybridized carbons (Fsp3) is 0.615. The van der Waals surface area contributed by atoms with Gasteiger partial charge in [0.15, 0.2) is 29.1 Å². The Kier molecular flexibility index (Phi) is 14.9. The van der Waals surface area contributed by atoms with Crippen LogP contribution in [0.4, 0.5) is 0 Å². The summed E-state index contributed by atoms with van der Waals surface area (Å²) in [6.07, 6.45) is -4.18. The van der Waals surface area contributed by atoms with Crippen LogP contribution in [0.1, 0.15) is 60.4 Å². The second-order valence-electron chi connectivity index (χ2n) is 18.8. The third-order valence-electron chi connectivity index (χ3n) is 12.5. The lowest BCUT2D eigenvalue weighted by Gasteiger charge is -2.41. The van der Waals surface area contributed by atoms with Gasteiger partial charge >= 0.3 is 15.0 Å². The molecule has 2 aromatic carbocycles. The van der Waals surface area contributed by atoms with Crippen molar-refractivity contribution in [3.05, 3.63) is 57.0 Å². The van der Waals surface area contributed by atoms with Crippen molar-refractivity contribution in [2.24, 2.45) is 0 Å². The summed E-state index contributed by atoms with van der Waals surface area (Å²) in [6, 6.07) is 8.85. The van der Waals surface area contributed by atoms with Gasteiger partial charge < -0.3 is 45.6 Å². The maximum Gasteiger partial charge on any atom is 0.327 e. The van der Waals surface area contributed by atoms with Gasteiger partial charge in [-0.1, -0.05) is 87.9 Å². The third kappa shape index (κ3) is 10.4. The van der Waals surface area contributed by atoms with Crippen LogP contribution in [-0.2, 0) is 57.3 Å². The molecule has 3 aliphatic heterocycles. The Balaban J connectivity index is 1.30. The normalized spacial score (nSPS) is 30.2. The van der Waals surface area contributed by atoms with Crippen molar-refractivity contribution >= 4 is 112 Å². The average molecular weight is 1040 g/mol. The van der Waals surface area contributed by atoms with E-state index in [0.29, 0.717) is 42.2 Å². The summed E-state index contributed by atoms with van der Waals surface area (Å²) in [7, 11) is -8.57. The molecule has 0 bridgehead atoms. The minimum atomic E-state index is -3.83. The van der Waals surface area contributed by atoms with Gasteiger partial charge in [-0.25, -0.2) is 9.97 Å². The summed E-state index contributed by atoms with van der Waals surface area (Å²) >= 11 is 32.0. The molecule has 0 saturated carbocycles. The zero-order chi connectivity index (χ0) is 46.0. The smallest absolute Gasteiger partial charge is 0.327 e. The minimum absolute atomic E-state index is 0.00803. The maximum atomic E-state index is 14.2. The van der Waals surface area contributed by atoms with Gasteiger partial charge in [-0.05, 0) is 72.3 Å². The first-order chi connectivity index (χ1) is 29.3. The van der Waals surface area contributed by atoms with Crippen molar-refractivity contribution in [2.45, 2.75) is 133 Å². The molecule has 346 valence electrons. The number of fused-ring (bicyclic) bond motifs is 4. The molecule has 0 N–H and O–H groups in total. The van der Waals surface area contributed by atoms with Gasteiger partial charge in [0.2, 0.25) is 0 Å². The Morgan fingerprint density at radius 1 is 0.810 bits per heavy atom. The Hall–Kier alpha value is -1.02. The molecule has 24 heteroatoms. The zero-order valence-corrected chi connectivity index (χ0v) is 44.3. The van der Waals surface area contributed by atoms with Gasteiger partial charge in [-0.15, -0.1) is 0 Å². The molecular weight excluding hydrogens is 990 g/mol. The lowest BCUT2D eigenvalue weighted by molar-refractivity contribution is -0.0581. The Labute approximate surface area is 395 Å². The van der Waals surface area contributed by atoms with E-state index in [9.17, 15) is 9.83 Å². The first-order valence-electron chi connectivity index (χ1n) is 20.4. The highest BCUT2D eigenvalue weighted by Gasteiger charge is 2.56. The maximum absolute atomic E-state index is 14.2. The van der Waals surface area contributed by atoms with E-state index >= 15 is 0 Å². The van der Waals surface area contributed by atoms with E-state index in [1.54, 1.807) is 46.1 Å². The average Bonchev–Trinajstić information content (AvgIpc) is 3.93. The molecule has 2 aromatic heterocycles. The second kappa shape index (κ2) is 18.8. The van der Waals surface area contributed by atoms with Crippen molar-refractivity contribution < 1.29 is 45.5 Å². The van der Waals surface area contributed by atoms with Crippen molar-refractivity contribution in [2.75, 3.05) is 19.8 Å². The number of aromatic nitrogens is 4. The van der Waals surface area contributed by atoms with Crippen LogP contribution in [0.5, 0.6) is 0 Å². The van der Waals surface area contributed by atoms with Crippen LogP contribution in [0.15, 0.2) is 36.9 Å². The first-order valence-corrected chi connectivity index (χ1v) is 31.5. The van der Waals surface area contributed by atoms with Gasteiger partial charge in [0.05, 0.1) is 87.1 Å². The molecule has 10 atom stereocenters. The lowest BCUT2D eigenvalue weighted by Crippen LogP contribution is -2.49. The van der Waals surface area contributed by atoms with E-state index in [1.165, 1.54) is 0 Å². The lowest BCUT2D eigenvalue weighted by atomic mass is 10.1. The van der Waals surface area contributed by atoms with Gasteiger partial charge in [0, 0.05) is 0 Å². The molecule has 6 unspecified atom stereocenters. The second-order valence-corrected chi connectivity index (χ2v) is 34.0. The molecule has 3 saturated heterocycles. The zero-order valence-electron chi connectivity index (χ0n) is 36.6. The van der Waals surface area contributed by atoms with E-state index in [1.807, 2.05) is 0 Å². The number of ether oxygens (including phenoxy) is 2. The van der Waals surface area contributed by atoms with Gasteiger partial charge in [0.1, 0.15) is 36.6 Å². The largest absolute Gasteiger partial charge is 0.407 e. The van der Waals surface area contributed by atoms with Crippen molar-refractivity contribution in [1.29, 1.82) is 5.26 Å². The Morgan fingerprint density at radius 3 is 1.75 bits per heavy atom. The van der Waals surface area contributed by atoms with E-state index in [0.717, 1.165) is 0 Å². The molecule has 63 heavy (non-hydrogen) atoms. The van der Waals surface area contributed by atoms with E-state index < -0.39 is 80.7 Å². The number of imidazole rings is 2. The molecule has 4 aromatic rings.